The molecular formula is C22H23N5O3S. The van der Waals surface area contributed by atoms with Gasteiger partial charge in [-0.05, 0) is 45.4 Å². The van der Waals surface area contributed by atoms with Crippen molar-refractivity contribution in [1.29, 1.82) is 0 Å². The van der Waals surface area contributed by atoms with Crippen LogP contribution in [0.25, 0.3) is 5.82 Å². The van der Waals surface area contributed by atoms with Crippen LogP contribution in [0, 0.1) is 27.7 Å². The smallest absolute Gasteiger partial charge is 0.208 e. The summed E-state index contributed by atoms with van der Waals surface area (Å²) in [6.07, 6.45) is 0. The van der Waals surface area contributed by atoms with Gasteiger partial charge in [0.2, 0.25) is 5.16 Å². The van der Waals surface area contributed by atoms with Crippen molar-refractivity contribution in [3.8, 4) is 11.6 Å². The van der Waals surface area contributed by atoms with Gasteiger partial charge >= 0.3 is 0 Å². The number of benzene rings is 1. The Balaban J connectivity index is 1.38. The van der Waals surface area contributed by atoms with Crippen LogP contribution < -0.4 is 4.74 Å². The number of H-pyrrole nitrogens is 1. The van der Waals surface area contributed by atoms with Crippen LogP contribution >= 0.6 is 11.8 Å². The van der Waals surface area contributed by atoms with E-state index in [4.69, 9.17) is 9.26 Å². The van der Waals surface area contributed by atoms with Gasteiger partial charge in [-0.25, -0.2) is 4.98 Å². The third kappa shape index (κ3) is 4.56. The highest BCUT2D eigenvalue weighted by Crippen LogP contribution is 2.23. The monoisotopic (exact) mass is 437 g/mol. The predicted molar refractivity (Wildman–Crippen MR) is 117 cm³/mol. The molecule has 1 aromatic carbocycles. The second-order valence-electron chi connectivity index (χ2n) is 7.25. The van der Waals surface area contributed by atoms with E-state index in [-0.39, 0.29) is 18.1 Å². The van der Waals surface area contributed by atoms with Gasteiger partial charge in [-0.2, -0.15) is 0 Å². The lowest BCUT2D eigenvalue weighted by Gasteiger charge is -2.06. The number of nitrogens with one attached hydrogen (secondary N) is 1. The summed E-state index contributed by atoms with van der Waals surface area (Å²) in [5.41, 5.74) is 3.47. The molecule has 0 bridgehead atoms. The van der Waals surface area contributed by atoms with Crippen LogP contribution in [-0.4, -0.2) is 36.4 Å². The number of carbonyl (C=O) groups excluding carboxylic acids is 1. The van der Waals surface area contributed by atoms with Gasteiger partial charge in [0.15, 0.2) is 17.4 Å². The maximum absolute atomic E-state index is 12.8. The highest BCUT2D eigenvalue weighted by molar-refractivity contribution is 7.99. The Morgan fingerprint density at radius 3 is 2.74 bits per heavy atom. The highest BCUT2D eigenvalue weighted by Gasteiger charge is 2.19. The molecule has 0 saturated heterocycles. The molecule has 3 heterocycles. The summed E-state index contributed by atoms with van der Waals surface area (Å²) in [4.78, 5) is 17.2. The van der Waals surface area contributed by atoms with E-state index in [2.05, 4.69) is 20.3 Å². The van der Waals surface area contributed by atoms with Crippen molar-refractivity contribution in [2.45, 2.75) is 39.5 Å². The molecule has 0 unspecified atom stereocenters. The molecule has 4 rings (SSSR count). The van der Waals surface area contributed by atoms with Crippen LogP contribution in [0.15, 0.2) is 46.1 Å². The topological polar surface area (TPSA) is 98.8 Å². The van der Waals surface area contributed by atoms with Crippen LogP contribution in [0.5, 0.6) is 5.75 Å². The number of rotatable bonds is 8. The van der Waals surface area contributed by atoms with Crippen molar-refractivity contribution < 1.29 is 14.1 Å². The van der Waals surface area contributed by atoms with Crippen LogP contribution in [0.1, 0.15) is 38.9 Å². The van der Waals surface area contributed by atoms with Crippen molar-refractivity contribution in [1.82, 2.24) is 24.9 Å². The molecule has 9 heteroatoms. The molecule has 0 saturated carbocycles. The number of carbonyl (C=O) groups is 1. The predicted octanol–water partition coefficient (Wildman–Crippen LogP) is 4.37. The molecule has 0 aliphatic carbocycles. The number of nitrogens with zero attached hydrogens (tertiary/aromatic N) is 4. The van der Waals surface area contributed by atoms with Gasteiger partial charge < -0.3 is 9.26 Å². The Morgan fingerprint density at radius 2 is 2.00 bits per heavy atom. The number of ether oxygens (including phenoxy) is 1. The minimum Gasteiger partial charge on any atom is -0.485 e. The van der Waals surface area contributed by atoms with E-state index in [1.54, 1.807) is 0 Å². The Morgan fingerprint density at radius 1 is 1.19 bits per heavy atom. The summed E-state index contributed by atoms with van der Waals surface area (Å²) in [7, 11) is 0. The van der Waals surface area contributed by atoms with Crippen LogP contribution in [0.2, 0.25) is 0 Å². The first-order valence-electron chi connectivity index (χ1n) is 9.80. The first kappa shape index (κ1) is 20.9. The zero-order valence-electron chi connectivity index (χ0n) is 17.8. The zero-order chi connectivity index (χ0) is 22.0. The Hall–Kier alpha value is -3.33. The summed E-state index contributed by atoms with van der Waals surface area (Å²) < 4.78 is 12.9. The molecule has 0 aliphatic rings. The number of para-hydroxylation sites is 1. The average Bonchev–Trinajstić information content (AvgIpc) is 3.45. The van der Waals surface area contributed by atoms with Crippen molar-refractivity contribution in [2.75, 3.05) is 5.75 Å². The second-order valence-corrected chi connectivity index (χ2v) is 8.19. The SMILES string of the molecule is Cc1cc(-n2c(C)cc(C(=O)CSc3n[nH]c(COc4ccccc4C)n3)c2C)no1. The molecule has 0 radical (unpaired) electrons. The Bertz CT molecular complexity index is 1220. The van der Waals surface area contributed by atoms with E-state index in [1.165, 1.54) is 11.8 Å². The van der Waals surface area contributed by atoms with E-state index in [0.29, 0.717) is 22.4 Å². The molecule has 4 aromatic rings. The number of aromatic nitrogens is 5. The number of Topliss-reactive ketones (excluding diaryl/α,β-unsaturated/α-hetero) is 1. The van der Waals surface area contributed by atoms with Gasteiger partial charge in [-0.15, -0.1) is 5.10 Å². The number of thioether (sulfide) groups is 1. The highest BCUT2D eigenvalue weighted by atomic mass is 32.2. The molecular weight excluding hydrogens is 414 g/mol. The average molecular weight is 438 g/mol. The lowest BCUT2D eigenvalue weighted by atomic mass is 10.2. The minimum absolute atomic E-state index is 0.00655. The van der Waals surface area contributed by atoms with Crippen molar-refractivity contribution in [3.63, 3.8) is 0 Å². The lowest BCUT2D eigenvalue weighted by molar-refractivity contribution is 0.102. The van der Waals surface area contributed by atoms with E-state index < -0.39 is 0 Å². The fourth-order valence-corrected chi connectivity index (χ4v) is 4.04. The fourth-order valence-electron chi connectivity index (χ4n) is 3.34. The number of hydrogen-bond donors (Lipinski definition) is 1. The molecule has 0 fully saturated rings. The number of ketones is 1. The van der Waals surface area contributed by atoms with Gasteiger partial charge in [-0.1, -0.05) is 35.1 Å². The standard InChI is InChI=1S/C22H23N5O3S/c1-13-7-5-6-8-19(13)29-11-20-23-22(25-24-20)31-12-18(28)17-9-14(2)27(16(17)4)21-10-15(3)30-26-21/h5-10H,11-12H2,1-4H3,(H,23,24,25). The van der Waals surface area contributed by atoms with E-state index in [0.717, 1.165) is 28.5 Å². The third-order valence-electron chi connectivity index (χ3n) is 4.88. The molecule has 160 valence electrons. The van der Waals surface area contributed by atoms with Crippen molar-refractivity contribution in [3.05, 3.63) is 70.5 Å². The maximum Gasteiger partial charge on any atom is 0.208 e. The minimum atomic E-state index is 0.00655. The Labute approximate surface area is 184 Å². The molecule has 0 atom stereocenters. The molecule has 8 nitrogen and oxygen atoms in total. The van der Waals surface area contributed by atoms with Gasteiger partial charge in [-0.3, -0.25) is 14.5 Å². The molecule has 1 N–H and O–H groups in total. The molecule has 0 amide bonds. The summed E-state index contributed by atoms with van der Waals surface area (Å²) in [5, 5.41) is 11.6. The maximum atomic E-state index is 12.8. The largest absolute Gasteiger partial charge is 0.485 e. The number of aromatic amines is 1. The van der Waals surface area contributed by atoms with Crippen LogP contribution in [-0.2, 0) is 6.61 Å². The molecule has 31 heavy (non-hydrogen) atoms. The van der Waals surface area contributed by atoms with E-state index in [9.17, 15) is 4.79 Å². The van der Waals surface area contributed by atoms with Gasteiger partial charge in [0, 0.05) is 23.0 Å². The van der Waals surface area contributed by atoms with Gasteiger partial charge in [0.05, 0.1) is 5.75 Å². The summed E-state index contributed by atoms with van der Waals surface area (Å²) in [5.74, 6) is 3.05. The third-order valence-corrected chi connectivity index (χ3v) is 5.73. The molecule has 0 spiro atoms. The van der Waals surface area contributed by atoms with Crippen molar-refractivity contribution >= 4 is 17.5 Å². The van der Waals surface area contributed by atoms with Crippen LogP contribution in [0.3, 0.4) is 0 Å². The number of aryl methyl sites for hydroxylation is 3. The van der Waals surface area contributed by atoms with Gasteiger partial charge in [0.25, 0.3) is 0 Å². The van der Waals surface area contributed by atoms with Crippen molar-refractivity contribution in [2.24, 2.45) is 0 Å². The quantitative estimate of drug-likeness (QED) is 0.323. The number of hydrogen-bond acceptors (Lipinski definition) is 7. The summed E-state index contributed by atoms with van der Waals surface area (Å²) in [6.45, 7) is 7.96. The second kappa shape index (κ2) is 8.81. The molecule has 0 aliphatic heterocycles. The summed E-state index contributed by atoms with van der Waals surface area (Å²) >= 11 is 1.29. The van der Waals surface area contributed by atoms with Crippen LogP contribution in [0.4, 0.5) is 0 Å². The fraction of sp³-hybridized carbons (Fsp3) is 0.273. The van der Waals surface area contributed by atoms with Gasteiger partial charge in [0.1, 0.15) is 18.1 Å². The first-order valence-corrected chi connectivity index (χ1v) is 10.8. The summed E-state index contributed by atoms with van der Waals surface area (Å²) in [6, 6.07) is 11.5. The first-order chi connectivity index (χ1) is 14.9. The van der Waals surface area contributed by atoms with E-state index in [1.807, 2.05) is 68.7 Å². The lowest BCUT2D eigenvalue weighted by Crippen LogP contribution is -2.06. The zero-order valence-corrected chi connectivity index (χ0v) is 18.6. The molecule has 3 aromatic heterocycles. The Kier molecular flexibility index (Phi) is 5.94. The van der Waals surface area contributed by atoms with E-state index >= 15 is 0 Å². The normalized spacial score (nSPS) is 11.1.